The van der Waals surface area contributed by atoms with Gasteiger partial charge in [-0.1, -0.05) is 11.6 Å². The highest BCUT2D eigenvalue weighted by Crippen LogP contribution is 2.47. The summed E-state index contributed by atoms with van der Waals surface area (Å²) < 4.78 is 11.2. The van der Waals surface area contributed by atoms with Gasteiger partial charge in [0.2, 0.25) is 0 Å². The fraction of sp³-hybridized carbons (Fsp3) is 0.600. The van der Waals surface area contributed by atoms with Crippen LogP contribution in [0.2, 0.25) is 5.02 Å². The molecular weight excluding hydrogens is 262 g/mol. The Morgan fingerprint density at radius 1 is 1.00 bits per heavy atom. The van der Waals surface area contributed by atoms with Gasteiger partial charge in [0, 0.05) is 18.2 Å². The van der Waals surface area contributed by atoms with Crippen molar-refractivity contribution in [1.29, 1.82) is 0 Å². The maximum absolute atomic E-state index is 6.36. The molecule has 0 saturated heterocycles. The molecule has 2 saturated carbocycles. The smallest absolute Gasteiger partial charge is 0.163 e. The Balaban J connectivity index is 1.59. The van der Waals surface area contributed by atoms with E-state index in [1.165, 1.54) is 25.7 Å². The number of hydrogen-bond acceptors (Lipinski definition) is 3. The summed E-state index contributed by atoms with van der Waals surface area (Å²) in [6.07, 6.45) is 5.43. The summed E-state index contributed by atoms with van der Waals surface area (Å²) >= 11 is 6.36. The number of benzene rings is 1. The summed E-state index contributed by atoms with van der Waals surface area (Å²) in [6.45, 7) is 1.21. The molecule has 0 bridgehead atoms. The molecule has 0 spiro atoms. The first-order chi connectivity index (χ1) is 9.31. The minimum absolute atomic E-state index is 0.597. The molecule has 1 heterocycles. The third-order valence-electron chi connectivity index (χ3n) is 4.21. The zero-order valence-electron chi connectivity index (χ0n) is 10.8. The molecule has 0 atom stereocenters. The molecule has 102 valence electrons. The number of hydrogen-bond donors (Lipinski definition) is 1. The van der Waals surface area contributed by atoms with Crippen LogP contribution in [0.4, 0.5) is 5.69 Å². The SMILES string of the molecule is Clc1cc2c(cc1NC(C1CC1)C1CC1)OCCO2. The molecule has 0 unspecified atom stereocenters. The van der Waals surface area contributed by atoms with Crippen molar-refractivity contribution in [2.24, 2.45) is 11.8 Å². The predicted molar refractivity (Wildman–Crippen MR) is 75.3 cm³/mol. The molecule has 2 fully saturated rings. The number of anilines is 1. The van der Waals surface area contributed by atoms with Gasteiger partial charge < -0.3 is 14.8 Å². The number of ether oxygens (including phenoxy) is 2. The molecule has 2 aliphatic carbocycles. The number of halogens is 1. The van der Waals surface area contributed by atoms with Crippen molar-refractivity contribution in [1.82, 2.24) is 0 Å². The highest BCUT2D eigenvalue weighted by Gasteiger charge is 2.41. The molecular formula is C15H18ClNO2. The van der Waals surface area contributed by atoms with Crippen LogP contribution in [0.1, 0.15) is 25.7 Å². The summed E-state index contributed by atoms with van der Waals surface area (Å²) in [6, 6.07) is 4.46. The Bertz CT molecular complexity index is 485. The van der Waals surface area contributed by atoms with E-state index in [1.807, 2.05) is 12.1 Å². The first-order valence-electron chi connectivity index (χ1n) is 7.17. The Labute approximate surface area is 118 Å². The van der Waals surface area contributed by atoms with Crippen LogP contribution in [-0.4, -0.2) is 19.3 Å². The van der Waals surface area contributed by atoms with E-state index >= 15 is 0 Å². The second kappa shape index (κ2) is 4.48. The second-order valence-electron chi connectivity index (χ2n) is 5.82. The predicted octanol–water partition coefficient (Wildman–Crippen LogP) is 3.71. The van der Waals surface area contributed by atoms with Gasteiger partial charge in [0.25, 0.3) is 0 Å². The van der Waals surface area contributed by atoms with Crippen LogP contribution in [-0.2, 0) is 0 Å². The van der Waals surface area contributed by atoms with Gasteiger partial charge in [-0.25, -0.2) is 0 Å². The van der Waals surface area contributed by atoms with E-state index in [0.29, 0.717) is 19.3 Å². The molecule has 0 aromatic heterocycles. The lowest BCUT2D eigenvalue weighted by Gasteiger charge is -2.23. The maximum atomic E-state index is 6.36. The molecule has 1 aromatic rings. The molecule has 0 radical (unpaired) electrons. The van der Waals surface area contributed by atoms with Gasteiger partial charge in [0.05, 0.1) is 10.7 Å². The number of fused-ring (bicyclic) bond motifs is 1. The third-order valence-corrected chi connectivity index (χ3v) is 4.53. The van der Waals surface area contributed by atoms with E-state index in [2.05, 4.69) is 5.32 Å². The van der Waals surface area contributed by atoms with Crippen LogP contribution >= 0.6 is 11.6 Å². The molecule has 1 aromatic carbocycles. The monoisotopic (exact) mass is 279 g/mol. The van der Waals surface area contributed by atoms with Gasteiger partial charge in [0.15, 0.2) is 11.5 Å². The van der Waals surface area contributed by atoms with E-state index in [9.17, 15) is 0 Å². The van der Waals surface area contributed by atoms with Crippen molar-refractivity contribution in [3.8, 4) is 11.5 Å². The first kappa shape index (κ1) is 11.7. The Kier molecular flexibility index (Phi) is 2.76. The zero-order valence-corrected chi connectivity index (χ0v) is 11.6. The van der Waals surface area contributed by atoms with Crippen LogP contribution < -0.4 is 14.8 Å². The van der Waals surface area contributed by atoms with Crippen LogP contribution in [0.5, 0.6) is 11.5 Å². The van der Waals surface area contributed by atoms with Gasteiger partial charge in [-0.3, -0.25) is 0 Å². The van der Waals surface area contributed by atoms with Gasteiger partial charge in [-0.05, 0) is 37.5 Å². The lowest BCUT2D eigenvalue weighted by atomic mass is 10.1. The van der Waals surface area contributed by atoms with Gasteiger partial charge in [-0.15, -0.1) is 0 Å². The van der Waals surface area contributed by atoms with E-state index < -0.39 is 0 Å². The van der Waals surface area contributed by atoms with E-state index in [4.69, 9.17) is 21.1 Å². The number of rotatable bonds is 4. The van der Waals surface area contributed by atoms with Crippen molar-refractivity contribution in [3.05, 3.63) is 17.2 Å². The minimum Gasteiger partial charge on any atom is -0.486 e. The Hall–Kier alpha value is -1.09. The average molecular weight is 280 g/mol. The van der Waals surface area contributed by atoms with Crippen LogP contribution in [0.15, 0.2) is 12.1 Å². The number of nitrogens with one attached hydrogen (secondary N) is 1. The van der Waals surface area contributed by atoms with Gasteiger partial charge >= 0.3 is 0 Å². The molecule has 4 rings (SSSR count). The molecule has 19 heavy (non-hydrogen) atoms. The fourth-order valence-corrected chi connectivity index (χ4v) is 3.09. The quantitative estimate of drug-likeness (QED) is 0.911. The average Bonchev–Trinajstić information content (AvgIpc) is 3.28. The highest BCUT2D eigenvalue weighted by molar-refractivity contribution is 6.33. The molecule has 4 heteroatoms. The van der Waals surface area contributed by atoms with E-state index in [1.54, 1.807) is 0 Å². The minimum atomic E-state index is 0.597. The van der Waals surface area contributed by atoms with Crippen molar-refractivity contribution < 1.29 is 9.47 Å². The summed E-state index contributed by atoms with van der Waals surface area (Å²) in [5.41, 5.74) is 0.995. The van der Waals surface area contributed by atoms with Crippen LogP contribution in [0.3, 0.4) is 0 Å². The molecule has 3 nitrogen and oxygen atoms in total. The lowest BCUT2D eigenvalue weighted by molar-refractivity contribution is 0.171. The summed E-state index contributed by atoms with van der Waals surface area (Å²) in [5.74, 6) is 3.26. The Morgan fingerprint density at radius 2 is 1.58 bits per heavy atom. The van der Waals surface area contributed by atoms with Crippen molar-refractivity contribution in [2.45, 2.75) is 31.7 Å². The molecule has 3 aliphatic rings. The third kappa shape index (κ3) is 2.36. The summed E-state index contributed by atoms with van der Waals surface area (Å²) in [5, 5.41) is 4.39. The topological polar surface area (TPSA) is 30.5 Å². The zero-order chi connectivity index (χ0) is 12.8. The largest absolute Gasteiger partial charge is 0.486 e. The Morgan fingerprint density at radius 3 is 2.16 bits per heavy atom. The second-order valence-corrected chi connectivity index (χ2v) is 6.23. The first-order valence-corrected chi connectivity index (χ1v) is 7.55. The normalized spacial score (nSPS) is 21.6. The fourth-order valence-electron chi connectivity index (χ4n) is 2.89. The molecule has 0 amide bonds. The van der Waals surface area contributed by atoms with Gasteiger partial charge in [0.1, 0.15) is 13.2 Å². The van der Waals surface area contributed by atoms with Crippen molar-refractivity contribution >= 4 is 17.3 Å². The van der Waals surface area contributed by atoms with Crippen LogP contribution in [0, 0.1) is 11.8 Å². The lowest BCUT2D eigenvalue weighted by Crippen LogP contribution is -2.24. The highest BCUT2D eigenvalue weighted by atomic mass is 35.5. The standard InChI is InChI=1S/C15H18ClNO2/c16-11-7-13-14(19-6-5-18-13)8-12(11)17-15(9-1-2-9)10-3-4-10/h7-10,15,17H,1-6H2. The molecule has 1 aliphatic heterocycles. The van der Waals surface area contributed by atoms with E-state index in [0.717, 1.165) is 34.0 Å². The van der Waals surface area contributed by atoms with Crippen molar-refractivity contribution in [2.75, 3.05) is 18.5 Å². The van der Waals surface area contributed by atoms with Crippen LogP contribution in [0.25, 0.3) is 0 Å². The summed E-state index contributed by atoms with van der Waals surface area (Å²) in [4.78, 5) is 0. The molecule has 1 N–H and O–H groups in total. The van der Waals surface area contributed by atoms with E-state index in [-0.39, 0.29) is 0 Å². The van der Waals surface area contributed by atoms with Crippen molar-refractivity contribution in [3.63, 3.8) is 0 Å². The maximum Gasteiger partial charge on any atom is 0.163 e. The summed E-state index contributed by atoms with van der Waals surface area (Å²) in [7, 11) is 0. The van der Waals surface area contributed by atoms with Gasteiger partial charge in [-0.2, -0.15) is 0 Å².